The summed E-state index contributed by atoms with van der Waals surface area (Å²) in [6.07, 6.45) is 1.90. The van der Waals surface area contributed by atoms with E-state index in [9.17, 15) is 0 Å². The van der Waals surface area contributed by atoms with Gasteiger partial charge < -0.3 is 20.1 Å². The fraction of sp³-hybridized carbons (Fsp3) is 0.562. The molecule has 0 aromatic heterocycles. The van der Waals surface area contributed by atoms with Gasteiger partial charge in [-0.05, 0) is 37.5 Å². The second kappa shape index (κ2) is 11.0. The van der Waals surface area contributed by atoms with E-state index in [1.54, 1.807) is 14.2 Å². The summed E-state index contributed by atoms with van der Waals surface area (Å²) in [6, 6.07) is 8.12. The smallest absolute Gasteiger partial charge is 0.190 e. The third kappa shape index (κ3) is 7.56. The lowest BCUT2D eigenvalue weighted by Gasteiger charge is -2.12. The fourth-order valence-corrected chi connectivity index (χ4v) is 1.90. The molecule has 0 amide bonds. The third-order valence-corrected chi connectivity index (χ3v) is 3.03. The SMILES string of the molecule is CCOCCCNC(=NC)NCCc1cccc(OC)c1. The number of hydrogen-bond donors (Lipinski definition) is 2. The Labute approximate surface area is 127 Å². The number of nitrogens with zero attached hydrogens (tertiary/aromatic N) is 1. The van der Waals surface area contributed by atoms with Gasteiger partial charge in [0.05, 0.1) is 7.11 Å². The number of rotatable bonds is 9. The zero-order chi connectivity index (χ0) is 15.3. The predicted octanol–water partition coefficient (Wildman–Crippen LogP) is 1.83. The molecule has 0 bridgehead atoms. The van der Waals surface area contributed by atoms with E-state index in [0.29, 0.717) is 0 Å². The lowest BCUT2D eigenvalue weighted by Crippen LogP contribution is -2.39. The molecule has 118 valence electrons. The van der Waals surface area contributed by atoms with Crippen LogP contribution in [0.5, 0.6) is 5.75 Å². The van der Waals surface area contributed by atoms with Gasteiger partial charge in [-0.25, -0.2) is 0 Å². The van der Waals surface area contributed by atoms with Crippen LogP contribution < -0.4 is 15.4 Å². The molecule has 1 aromatic carbocycles. The average Bonchev–Trinajstić information content (AvgIpc) is 2.53. The molecule has 0 saturated heterocycles. The Balaban J connectivity index is 2.22. The zero-order valence-electron chi connectivity index (χ0n) is 13.3. The molecule has 1 rings (SSSR count). The van der Waals surface area contributed by atoms with Crippen molar-refractivity contribution >= 4 is 5.96 Å². The van der Waals surface area contributed by atoms with E-state index in [2.05, 4.69) is 27.8 Å². The predicted molar refractivity (Wildman–Crippen MR) is 87.2 cm³/mol. The Kier molecular flexibility index (Phi) is 9.04. The lowest BCUT2D eigenvalue weighted by molar-refractivity contribution is 0.145. The molecule has 0 fully saturated rings. The van der Waals surface area contributed by atoms with E-state index in [0.717, 1.165) is 50.9 Å². The van der Waals surface area contributed by atoms with Gasteiger partial charge in [-0.15, -0.1) is 0 Å². The molecule has 0 atom stereocenters. The first kappa shape index (κ1) is 17.3. The summed E-state index contributed by atoms with van der Waals surface area (Å²) in [5, 5.41) is 6.57. The summed E-state index contributed by atoms with van der Waals surface area (Å²) >= 11 is 0. The van der Waals surface area contributed by atoms with E-state index >= 15 is 0 Å². The minimum absolute atomic E-state index is 0.771. The summed E-state index contributed by atoms with van der Waals surface area (Å²) < 4.78 is 10.5. The highest BCUT2D eigenvalue weighted by atomic mass is 16.5. The Morgan fingerprint density at radius 1 is 1.24 bits per heavy atom. The van der Waals surface area contributed by atoms with Crippen molar-refractivity contribution in [2.24, 2.45) is 4.99 Å². The summed E-state index contributed by atoms with van der Waals surface area (Å²) in [5.74, 6) is 1.72. The molecule has 5 nitrogen and oxygen atoms in total. The Bertz CT molecular complexity index is 422. The van der Waals surface area contributed by atoms with Gasteiger partial charge >= 0.3 is 0 Å². The number of ether oxygens (including phenoxy) is 2. The largest absolute Gasteiger partial charge is 0.497 e. The highest BCUT2D eigenvalue weighted by Gasteiger charge is 1.99. The number of methoxy groups -OCH3 is 1. The summed E-state index contributed by atoms with van der Waals surface area (Å²) in [6.45, 7) is 5.25. The molecular weight excluding hydrogens is 266 g/mol. The molecule has 2 N–H and O–H groups in total. The van der Waals surface area contributed by atoms with Gasteiger partial charge in [0, 0.05) is 33.4 Å². The van der Waals surface area contributed by atoms with Crippen LogP contribution >= 0.6 is 0 Å². The maximum atomic E-state index is 5.30. The topological polar surface area (TPSA) is 54.9 Å². The van der Waals surface area contributed by atoms with E-state index < -0.39 is 0 Å². The quantitative estimate of drug-likeness (QED) is 0.414. The van der Waals surface area contributed by atoms with E-state index in [-0.39, 0.29) is 0 Å². The third-order valence-electron chi connectivity index (χ3n) is 3.03. The molecule has 0 heterocycles. The van der Waals surface area contributed by atoms with Crippen molar-refractivity contribution in [3.05, 3.63) is 29.8 Å². The minimum Gasteiger partial charge on any atom is -0.497 e. The van der Waals surface area contributed by atoms with E-state index in [4.69, 9.17) is 9.47 Å². The van der Waals surface area contributed by atoms with Crippen LogP contribution in [-0.4, -0.2) is 46.4 Å². The molecule has 0 spiro atoms. The standard InChI is InChI=1S/C16H27N3O2/c1-4-21-12-6-10-18-16(17-2)19-11-9-14-7-5-8-15(13-14)20-3/h5,7-8,13H,4,6,9-12H2,1-3H3,(H2,17,18,19). The molecular formula is C16H27N3O2. The van der Waals surface area contributed by atoms with Crippen molar-refractivity contribution in [2.75, 3.05) is 40.5 Å². The monoisotopic (exact) mass is 293 g/mol. The fourth-order valence-electron chi connectivity index (χ4n) is 1.90. The van der Waals surface area contributed by atoms with Gasteiger partial charge in [-0.1, -0.05) is 12.1 Å². The molecule has 1 aromatic rings. The molecule has 0 aliphatic heterocycles. The van der Waals surface area contributed by atoms with Crippen LogP contribution in [0, 0.1) is 0 Å². The highest BCUT2D eigenvalue weighted by Crippen LogP contribution is 2.12. The van der Waals surface area contributed by atoms with Crippen LogP contribution in [0.25, 0.3) is 0 Å². The zero-order valence-corrected chi connectivity index (χ0v) is 13.3. The maximum Gasteiger partial charge on any atom is 0.190 e. The van der Waals surface area contributed by atoms with Crippen LogP contribution in [0.3, 0.4) is 0 Å². The number of aliphatic imine (C=N–C) groups is 1. The van der Waals surface area contributed by atoms with Crippen LogP contribution in [0.2, 0.25) is 0 Å². The van der Waals surface area contributed by atoms with Gasteiger partial charge in [0.2, 0.25) is 0 Å². The summed E-state index contributed by atoms with van der Waals surface area (Å²) in [4.78, 5) is 4.20. The van der Waals surface area contributed by atoms with Crippen molar-refractivity contribution in [1.29, 1.82) is 0 Å². The molecule has 21 heavy (non-hydrogen) atoms. The van der Waals surface area contributed by atoms with Gasteiger partial charge in [-0.2, -0.15) is 0 Å². The van der Waals surface area contributed by atoms with Crippen molar-refractivity contribution in [3.63, 3.8) is 0 Å². The van der Waals surface area contributed by atoms with Crippen molar-refractivity contribution < 1.29 is 9.47 Å². The molecule has 0 aliphatic rings. The molecule has 0 saturated carbocycles. The number of guanidine groups is 1. The van der Waals surface area contributed by atoms with Gasteiger partial charge in [0.15, 0.2) is 5.96 Å². The van der Waals surface area contributed by atoms with Crippen LogP contribution in [0.1, 0.15) is 18.9 Å². The molecule has 0 radical (unpaired) electrons. The van der Waals surface area contributed by atoms with Gasteiger partial charge in [0.25, 0.3) is 0 Å². The first-order chi connectivity index (χ1) is 10.3. The van der Waals surface area contributed by atoms with Crippen LogP contribution in [0.15, 0.2) is 29.3 Å². The lowest BCUT2D eigenvalue weighted by atomic mass is 10.1. The second-order valence-corrected chi connectivity index (χ2v) is 4.58. The van der Waals surface area contributed by atoms with E-state index in [1.807, 2.05) is 19.1 Å². The Hall–Kier alpha value is -1.75. The summed E-state index contributed by atoms with van der Waals surface area (Å²) in [7, 11) is 3.47. The number of nitrogens with one attached hydrogen (secondary N) is 2. The highest BCUT2D eigenvalue weighted by molar-refractivity contribution is 5.79. The van der Waals surface area contributed by atoms with Crippen LogP contribution in [-0.2, 0) is 11.2 Å². The summed E-state index contributed by atoms with van der Waals surface area (Å²) in [5.41, 5.74) is 1.24. The van der Waals surface area contributed by atoms with Crippen molar-refractivity contribution in [2.45, 2.75) is 19.8 Å². The average molecular weight is 293 g/mol. The second-order valence-electron chi connectivity index (χ2n) is 4.58. The number of benzene rings is 1. The first-order valence-electron chi connectivity index (χ1n) is 7.45. The van der Waals surface area contributed by atoms with Gasteiger partial charge in [0.1, 0.15) is 5.75 Å². The normalized spacial score (nSPS) is 11.3. The van der Waals surface area contributed by atoms with Gasteiger partial charge in [-0.3, -0.25) is 4.99 Å². The molecule has 5 heteroatoms. The first-order valence-corrected chi connectivity index (χ1v) is 7.45. The Morgan fingerprint density at radius 2 is 2.05 bits per heavy atom. The maximum absolute atomic E-state index is 5.30. The van der Waals surface area contributed by atoms with E-state index in [1.165, 1.54) is 5.56 Å². The Morgan fingerprint density at radius 3 is 2.76 bits per heavy atom. The molecule has 0 unspecified atom stereocenters. The van der Waals surface area contributed by atoms with Crippen molar-refractivity contribution in [3.8, 4) is 5.75 Å². The van der Waals surface area contributed by atoms with Crippen molar-refractivity contribution in [1.82, 2.24) is 10.6 Å². The minimum atomic E-state index is 0.771. The molecule has 0 aliphatic carbocycles. The van der Waals surface area contributed by atoms with Crippen LogP contribution in [0.4, 0.5) is 0 Å². The number of hydrogen-bond acceptors (Lipinski definition) is 3.